The fourth-order valence-corrected chi connectivity index (χ4v) is 9.25. The molecular formula is C35H27BrCl2F4N4O6. The predicted molar refractivity (Wildman–Crippen MR) is 183 cm³/mol. The minimum atomic E-state index is -4.84. The number of rotatable bonds is 5. The molecule has 1 saturated carbocycles. The first-order valence-corrected chi connectivity index (χ1v) is 17.4. The first-order valence-electron chi connectivity index (χ1n) is 15.9. The normalized spacial score (nSPS) is 27.0. The average molecular weight is 826 g/mol. The lowest BCUT2D eigenvalue weighted by molar-refractivity contribution is -0.141. The molecule has 6 atom stereocenters. The second-order valence-electron chi connectivity index (χ2n) is 13.3. The standard InChI is InChI=1S/C35H27BrCl2F4N4O6/c1-34-20(31(49)45(33(34)51)15-4-8-23(39)22(38)12-15)13-18-16(27(34)19-10-14(36)11-24(52-3)28(19)47)5-6-17-26(18)32(50)46(30(17)48)44(2)29-21(37)7-9-25(43-29)35(40,41)42/h4-5,7-12,17-18,20,26-27,47H,6,13H2,1-3H3. The van der Waals surface area contributed by atoms with E-state index in [1.807, 2.05) is 0 Å². The number of phenolic OH excluding ortho intramolecular Hbond substituents is 1. The molecule has 4 amide bonds. The second kappa shape index (κ2) is 12.4. The number of alkyl halides is 3. The average Bonchev–Trinajstić information content (AvgIpc) is 3.45. The molecule has 6 unspecified atom stereocenters. The molecule has 7 rings (SSSR count). The first kappa shape index (κ1) is 36.2. The zero-order valence-corrected chi connectivity index (χ0v) is 30.4. The predicted octanol–water partition coefficient (Wildman–Crippen LogP) is 7.31. The van der Waals surface area contributed by atoms with Gasteiger partial charge in [-0.15, -0.1) is 0 Å². The zero-order chi connectivity index (χ0) is 37.8. The van der Waals surface area contributed by atoms with Crippen LogP contribution < -0.4 is 14.6 Å². The van der Waals surface area contributed by atoms with Crippen molar-refractivity contribution < 1.29 is 46.6 Å². The number of halogens is 7. The number of phenols is 1. The lowest BCUT2D eigenvalue weighted by atomic mass is 9.51. The first-order chi connectivity index (χ1) is 24.4. The van der Waals surface area contributed by atoms with Crippen LogP contribution in [0.5, 0.6) is 11.5 Å². The number of fused-ring (bicyclic) bond motifs is 4. The van der Waals surface area contributed by atoms with Gasteiger partial charge in [0.1, 0.15) is 11.5 Å². The SMILES string of the molecule is COc1cc(Br)cc(C2C3=CCC4C(=O)N(N(C)c5nc(C(F)(F)F)ccc5Cl)C(=O)C4C3CC3C(=O)N(c4ccc(F)c(Cl)c4)C(=O)C32C)c1O. The quantitative estimate of drug-likeness (QED) is 0.162. The summed E-state index contributed by atoms with van der Waals surface area (Å²) in [6.07, 6.45) is -3.20. The summed E-state index contributed by atoms with van der Waals surface area (Å²) in [6, 6.07) is 8.17. The maximum absolute atomic E-state index is 14.6. The van der Waals surface area contributed by atoms with Crippen LogP contribution in [-0.4, -0.2) is 52.9 Å². The number of pyridine rings is 1. The molecule has 0 radical (unpaired) electrons. The van der Waals surface area contributed by atoms with Gasteiger partial charge in [0.05, 0.1) is 46.0 Å². The van der Waals surface area contributed by atoms with Gasteiger partial charge in [-0.05, 0) is 68.1 Å². The van der Waals surface area contributed by atoms with Crippen molar-refractivity contribution in [2.75, 3.05) is 24.1 Å². The summed E-state index contributed by atoms with van der Waals surface area (Å²) in [5, 5.41) is 12.6. The van der Waals surface area contributed by atoms with Crippen LogP contribution in [0.2, 0.25) is 10.0 Å². The molecule has 3 fully saturated rings. The summed E-state index contributed by atoms with van der Waals surface area (Å²) in [5.74, 6) is -9.39. The van der Waals surface area contributed by atoms with Gasteiger partial charge in [-0.25, -0.2) is 14.3 Å². The van der Waals surface area contributed by atoms with Crippen molar-refractivity contribution in [3.63, 3.8) is 0 Å². The van der Waals surface area contributed by atoms with E-state index in [0.717, 1.165) is 33.1 Å². The Labute approximate surface area is 312 Å². The van der Waals surface area contributed by atoms with Crippen molar-refractivity contribution >= 4 is 74.3 Å². The van der Waals surface area contributed by atoms with Crippen molar-refractivity contribution in [2.24, 2.45) is 29.1 Å². The van der Waals surface area contributed by atoms with E-state index in [4.69, 9.17) is 27.9 Å². The number of aromatic nitrogens is 1. The Hall–Kier alpha value is -4.21. The van der Waals surface area contributed by atoms with Gasteiger partial charge in [-0.2, -0.15) is 18.2 Å². The number of allylic oxidation sites excluding steroid dienone is 2. The molecule has 3 aromatic rings. The number of amides is 4. The summed E-state index contributed by atoms with van der Waals surface area (Å²) >= 11 is 15.7. The Morgan fingerprint density at radius 3 is 2.38 bits per heavy atom. The molecule has 0 bridgehead atoms. The number of hydrogen-bond donors (Lipinski definition) is 1. The van der Waals surface area contributed by atoms with Gasteiger partial charge in [0, 0.05) is 23.0 Å². The number of imide groups is 2. The maximum atomic E-state index is 14.6. The van der Waals surface area contributed by atoms with Gasteiger partial charge in [-0.3, -0.25) is 24.2 Å². The molecule has 4 aliphatic rings. The molecule has 2 saturated heterocycles. The number of carbonyl (C=O) groups is 4. The van der Waals surface area contributed by atoms with Gasteiger partial charge in [0.2, 0.25) is 11.8 Å². The highest BCUT2D eigenvalue weighted by molar-refractivity contribution is 9.10. The monoisotopic (exact) mass is 824 g/mol. The Bertz CT molecular complexity index is 2130. The molecule has 17 heteroatoms. The van der Waals surface area contributed by atoms with Crippen molar-refractivity contribution in [3.8, 4) is 11.5 Å². The summed E-state index contributed by atoms with van der Waals surface area (Å²) in [4.78, 5) is 61.9. The number of methoxy groups -OCH3 is 1. The molecule has 1 aromatic heterocycles. The van der Waals surface area contributed by atoms with E-state index in [0.29, 0.717) is 16.1 Å². The van der Waals surface area contributed by atoms with Gasteiger partial charge >= 0.3 is 6.18 Å². The number of hydrazine groups is 1. The Morgan fingerprint density at radius 2 is 1.73 bits per heavy atom. The summed E-state index contributed by atoms with van der Waals surface area (Å²) in [6.45, 7) is 1.59. The smallest absolute Gasteiger partial charge is 0.433 e. The zero-order valence-electron chi connectivity index (χ0n) is 27.3. The highest BCUT2D eigenvalue weighted by atomic mass is 79.9. The van der Waals surface area contributed by atoms with Gasteiger partial charge in [0.25, 0.3) is 11.8 Å². The van der Waals surface area contributed by atoms with Crippen LogP contribution >= 0.6 is 39.1 Å². The molecule has 3 heterocycles. The van der Waals surface area contributed by atoms with Crippen molar-refractivity contribution in [2.45, 2.75) is 31.9 Å². The van der Waals surface area contributed by atoms with E-state index in [9.17, 15) is 41.8 Å². The summed E-state index contributed by atoms with van der Waals surface area (Å²) in [5.41, 5.74) is -2.12. The minimum Gasteiger partial charge on any atom is -0.504 e. The highest BCUT2D eigenvalue weighted by Gasteiger charge is 2.68. The number of anilines is 2. The molecule has 2 aliphatic heterocycles. The van der Waals surface area contributed by atoms with Crippen LogP contribution in [0.25, 0.3) is 0 Å². The molecular weight excluding hydrogens is 799 g/mol. The summed E-state index contributed by atoms with van der Waals surface area (Å²) in [7, 11) is 2.54. The van der Waals surface area contributed by atoms with Crippen molar-refractivity contribution in [1.82, 2.24) is 9.99 Å². The maximum Gasteiger partial charge on any atom is 0.433 e. The fourth-order valence-electron chi connectivity index (χ4n) is 8.39. The molecule has 2 aliphatic carbocycles. The van der Waals surface area contributed by atoms with Crippen LogP contribution in [0.3, 0.4) is 0 Å². The number of hydrogen-bond acceptors (Lipinski definition) is 8. The topological polar surface area (TPSA) is 120 Å². The van der Waals surface area contributed by atoms with Crippen LogP contribution in [-0.2, 0) is 25.4 Å². The van der Waals surface area contributed by atoms with Crippen LogP contribution in [0.1, 0.15) is 36.9 Å². The van der Waals surface area contributed by atoms with Crippen molar-refractivity contribution in [1.29, 1.82) is 0 Å². The van der Waals surface area contributed by atoms with E-state index >= 15 is 0 Å². The van der Waals surface area contributed by atoms with Crippen LogP contribution in [0, 0.1) is 34.9 Å². The lowest BCUT2D eigenvalue weighted by Crippen LogP contribution is -2.49. The van der Waals surface area contributed by atoms with Crippen LogP contribution in [0.4, 0.5) is 29.1 Å². The molecule has 52 heavy (non-hydrogen) atoms. The molecule has 0 spiro atoms. The van der Waals surface area contributed by atoms with E-state index < -0.39 is 82.1 Å². The third-order valence-electron chi connectivity index (χ3n) is 10.7. The Morgan fingerprint density at radius 1 is 1.02 bits per heavy atom. The fraction of sp³-hybridized carbons (Fsp3) is 0.343. The van der Waals surface area contributed by atoms with Gasteiger partial charge < -0.3 is 9.84 Å². The summed E-state index contributed by atoms with van der Waals surface area (Å²) < 4.78 is 60.8. The molecule has 272 valence electrons. The van der Waals surface area contributed by atoms with E-state index in [-0.39, 0.29) is 45.6 Å². The third-order valence-corrected chi connectivity index (χ3v) is 11.8. The number of benzene rings is 2. The van der Waals surface area contributed by atoms with E-state index in [1.54, 1.807) is 19.1 Å². The molecule has 2 aromatic carbocycles. The second-order valence-corrected chi connectivity index (χ2v) is 15.0. The molecule has 1 N–H and O–H groups in total. The number of carbonyl (C=O) groups excluding carboxylic acids is 4. The minimum absolute atomic E-state index is 0.00225. The van der Waals surface area contributed by atoms with Crippen molar-refractivity contribution in [3.05, 3.63) is 85.7 Å². The van der Waals surface area contributed by atoms with Crippen LogP contribution in [0.15, 0.2) is 58.6 Å². The Balaban J connectivity index is 1.36. The Kier molecular flexibility index (Phi) is 8.65. The van der Waals surface area contributed by atoms with Gasteiger partial charge in [-0.1, -0.05) is 50.8 Å². The largest absolute Gasteiger partial charge is 0.504 e. The van der Waals surface area contributed by atoms with E-state index in [2.05, 4.69) is 20.9 Å². The number of ether oxygens (including phenoxy) is 1. The van der Waals surface area contributed by atoms with Gasteiger partial charge in [0.15, 0.2) is 17.3 Å². The van der Waals surface area contributed by atoms with E-state index in [1.165, 1.54) is 26.3 Å². The third kappa shape index (κ3) is 5.21. The highest BCUT2D eigenvalue weighted by Crippen LogP contribution is 2.65. The number of nitrogens with zero attached hydrogens (tertiary/aromatic N) is 4. The molecule has 10 nitrogen and oxygen atoms in total. The lowest BCUT2D eigenvalue weighted by Gasteiger charge is -2.49. The number of aromatic hydroxyl groups is 1.